The van der Waals surface area contributed by atoms with E-state index in [1.54, 1.807) is 18.2 Å². The first-order chi connectivity index (χ1) is 14.3. The van der Waals surface area contributed by atoms with Crippen molar-refractivity contribution in [1.82, 2.24) is 4.90 Å². The number of hydrogen-bond donors (Lipinski definition) is 0. The lowest BCUT2D eigenvalue weighted by atomic mass is 10.1. The van der Waals surface area contributed by atoms with Crippen molar-refractivity contribution in [2.45, 2.75) is 25.6 Å². The molecule has 8 nitrogen and oxygen atoms in total. The van der Waals surface area contributed by atoms with Crippen molar-refractivity contribution in [3.8, 4) is 11.5 Å². The van der Waals surface area contributed by atoms with Crippen molar-refractivity contribution in [1.29, 1.82) is 0 Å². The molecule has 2 aliphatic rings. The molecule has 0 saturated carbocycles. The predicted molar refractivity (Wildman–Crippen MR) is 111 cm³/mol. The van der Waals surface area contributed by atoms with E-state index in [1.165, 1.54) is 40.9 Å². The summed E-state index contributed by atoms with van der Waals surface area (Å²) in [6.07, 6.45) is 0. The van der Waals surface area contributed by atoms with E-state index in [-0.39, 0.29) is 35.8 Å². The zero-order chi connectivity index (χ0) is 21.4. The average Bonchev–Trinajstić information content (AvgIpc) is 3.26. The highest BCUT2D eigenvalue weighted by Gasteiger charge is 2.39. The van der Waals surface area contributed by atoms with Crippen LogP contribution >= 0.6 is 11.8 Å². The third-order valence-electron chi connectivity index (χ3n) is 4.62. The molecule has 9 heteroatoms. The van der Waals surface area contributed by atoms with E-state index >= 15 is 0 Å². The number of nitro benzene ring substituents is 1. The Hall–Kier alpha value is -3.33. The van der Waals surface area contributed by atoms with Gasteiger partial charge in [-0.2, -0.15) is 0 Å². The molecule has 0 aromatic heterocycles. The minimum Gasteiger partial charge on any atom is -0.454 e. The molecule has 0 spiro atoms. The third kappa shape index (κ3) is 3.63. The van der Waals surface area contributed by atoms with Gasteiger partial charge >= 0.3 is 0 Å². The molecule has 2 aliphatic heterocycles. The maximum atomic E-state index is 13.2. The minimum absolute atomic E-state index is 0.0774. The van der Waals surface area contributed by atoms with Crippen LogP contribution in [0.3, 0.4) is 0 Å². The fourth-order valence-corrected chi connectivity index (χ4v) is 4.27. The van der Waals surface area contributed by atoms with Gasteiger partial charge in [0.25, 0.3) is 17.5 Å². The Morgan fingerprint density at radius 3 is 2.43 bits per heavy atom. The van der Waals surface area contributed by atoms with Gasteiger partial charge in [0, 0.05) is 17.4 Å². The summed E-state index contributed by atoms with van der Waals surface area (Å²) in [6.45, 7) is 4.10. The smallest absolute Gasteiger partial charge is 0.269 e. The highest BCUT2D eigenvalue weighted by molar-refractivity contribution is 8.04. The van der Waals surface area contributed by atoms with Gasteiger partial charge in [-0.3, -0.25) is 24.6 Å². The summed E-state index contributed by atoms with van der Waals surface area (Å²) in [7, 11) is 0. The summed E-state index contributed by atoms with van der Waals surface area (Å²) in [5, 5.41) is 11.0. The number of fused-ring (bicyclic) bond motifs is 1. The number of imide groups is 1. The zero-order valence-electron chi connectivity index (χ0n) is 16.3. The summed E-state index contributed by atoms with van der Waals surface area (Å²) in [5.41, 5.74) is 1.41. The summed E-state index contributed by atoms with van der Waals surface area (Å²) >= 11 is 1.31. The molecule has 0 aliphatic carbocycles. The van der Waals surface area contributed by atoms with Crippen LogP contribution in [0.2, 0.25) is 0 Å². The quantitative estimate of drug-likeness (QED) is 0.394. The highest BCUT2D eigenvalue weighted by Crippen LogP contribution is 2.39. The van der Waals surface area contributed by atoms with Gasteiger partial charge in [0.15, 0.2) is 11.5 Å². The molecule has 2 aromatic rings. The summed E-state index contributed by atoms with van der Waals surface area (Å²) in [6, 6.07) is 11.0. The fourth-order valence-electron chi connectivity index (χ4n) is 3.27. The maximum absolute atomic E-state index is 13.2. The van der Waals surface area contributed by atoms with Gasteiger partial charge in [0.05, 0.1) is 21.9 Å². The molecular formula is C21H18N2O6S. The molecule has 0 radical (unpaired) electrons. The van der Waals surface area contributed by atoms with Crippen molar-refractivity contribution in [3.63, 3.8) is 0 Å². The topological polar surface area (TPSA) is 99.0 Å². The molecule has 0 saturated heterocycles. The summed E-state index contributed by atoms with van der Waals surface area (Å²) in [5.74, 6) is 0.407. The lowest BCUT2D eigenvalue weighted by molar-refractivity contribution is -0.384. The van der Waals surface area contributed by atoms with Gasteiger partial charge in [-0.05, 0) is 35.4 Å². The van der Waals surface area contributed by atoms with Crippen LogP contribution in [0.25, 0.3) is 5.57 Å². The van der Waals surface area contributed by atoms with Crippen LogP contribution in [0.5, 0.6) is 11.5 Å². The van der Waals surface area contributed by atoms with Crippen molar-refractivity contribution >= 4 is 34.8 Å². The molecule has 0 unspecified atom stereocenters. The van der Waals surface area contributed by atoms with E-state index in [1.807, 2.05) is 13.8 Å². The van der Waals surface area contributed by atoms with E-state index < -0.39 is 10.8 Å². The molecule has 0 atom stereocenters. The number of rotatable bonds is 6. The number of carbonyl (C=O) groups is 2. The van der Waals surface area contributed by atoms with E-state index in [0.717, 1.165) is 5.56 Å². The lowest BCUT2D eigenvalue weighted by Crippen LogP contribution is -2.31. The summed E-state index contributed by atoms with van der Waals surface area (Å²) < 4.78 is 10.7. The van der Waals surface area contributed by atoms with Crippen LogP contribution in [-0.2, 0) is 16.1 Å². The zero-order valence-corrected chi connectivity index (χ0v) is 17.1. The number of ether oxygens (including phenoxy) is 2. The molecule has 0 N–H and O–H groups in total. The Balaban J connectivity index is 1.66. The number of non-ortho nitro benzene ring substituents is 1. The Labute approximate surface area is 176 Å². The van der Waals surface area contributed by atoms with E-state index in [4.69, 9.17) is 9.47 Å². The average molecular weight is 426 g/mol. The molecule has 4 rings (SSSR count). The second kappa shape index (κ2) is 7.83. The predicted octanol–water partition coefficient (Wildman–Crippen LogP) is 3.75. The molecule has 2 aromatic carbocycles. The van der Waals surface area contributed by atoms with Crippen molar-refractivity contribution in [2.75, 3.05) is 6.79 Å². The van der Waals surface area contributed by atoms with Crippen LogP contribution in [0.1, 0.15) is 25.0 Å². The first-order valence-corrected chi connectivity index (χ1v) is 10.1. The van der Waals surface area contributed by atoms with E-state index in [2.05, 4.69) is 0 Å². The maximum Gasteiger partial charge on any atom is 0.269 e. The van der Waals surface area contributed by atoms with Crippen LogP contribution in [0.15, 0.2) is 47.4 Å². The normalized spacial score (nSPS) is 15.5. The van der Waals surface area contributed by atoms with Crippen molar-refractivity contribution < 1.29 is 24.0 Å². The molecular weight excluding hydrogens is 408 g/mol. The van der Waals surface area contributed by atoms with Gasteiger partial charge < -0.3 is 9.47 Å². The fraction of sp³-hybridized carbons (Fsp3) is 0.238. The summed E-state index contributed by atoms with van der Waals surface area (Å²) in [4.78, 5) is 38.3. The van der Waals surface area contributed by atoms with Crippen LogP contribution in [0, 0.1) is 10.1 Å². The largest absolute Gasteiger partial charge is 0.454 e. The molecule has 2 amide bonds. The monoisotopic (exact) mass is 426 g/mol. The number of nitrogens with zero attached hydrogens (tertiary/aromatic N) is 2. The van der Waals surface area contributed by atoms with Crippen LogP contribution in [-0.4, -0.2) is 33.7 Å². The Morgan fingerprint density at radius 2 is 1.77 bits per heavy atom. The van der Waals surface area contributed by atoms with Gasteiger partial charge in [-0.25, -0.2) is 0 Å². The number of amides is 2. The molecule has 2 heterocycles. The second-order valence-corrected chi connectivity index (χ2v) is 8.65. The van der Waals surface area contributed by atoms with Gasteiger partial charge in [0.2, 0.25) is 6.79 Å². The molecule has 0 bridgehead atoms. The Bertz CT molecular complexity index is 1080. The Kier molecular flexibility index (Phi) is 5.21. The number of carbonyl (C=O) groups excluding carboxylic acids is 2. The SMILES string of the molecule is CC(C)SC1=C(c2ccc([N+](=O)[O-])cc2)C(=O)N(Cc2ccc3c(c2)OCO3)C1=O. The highest BCUT2D eigenvalue weighted by atomic mass is 32.2. The van der Waals surface area contributed by atoms with Gasteiger partial charge in [0.1, 0.15) is 0 Å². The van der Waals surface area contributed by atoms with Gasteiger partial charge in [-0.15, -0.1) is 11.8 Å². The van der Waals surface area contributed by atoms with Crippen LogP contribution < -0.4 is 9.47 Å². The minimum atomic E-state index is -0.504. The number of benzene rings is 2. The molecule has 30 heavy (non-hydrogen) atoms. The molecule has 0 fully saturated rings. The lowest BCUT2D eigenvalue weighted by Gasteiger charge is -2.15. The van der Waals surface area contributed by atoms with E-state index in [0.29, 0.717) is 22.0 Å². The second-order valence-electron chi connectivity index (χ2n) is 7.06. The number of hydrogen-bond acceptors (Lipinski definition) is 7. The third-order valence-corrected chi connectivity index (χ3v) is 5.71. The molecule has 154 valence electrons. The van der Waals surface area contributed by atoms with Crippen LogP contribution in [0.4, 0.5) is 5.69 Å². The Morgan fingerprint density at radius 1 is 1.07 bits per heavy atom. The standard InChI is InChI=1S/C21H18N2O6S/c1-12(2)30-19-18(14-4-6-15(7-5-14)23(26)27)20(24)22(21(19)25)10-13-3-8-16-17(9-13)29-11-28-16/h3-9,12H,10-11H2,1-2H3. The number of thioether (sulfide) groups is 1. The van der Waals surface area contributed by atoms with Crippen molar-refractivity contribution in [3.05, 3.63) is 68.6 Å². The van der Waals surface area contributed by atoms with E-state index in [9.17, 15) is 19.7 Å². The number of nitro groups is 1. The first kappa shape index (κ1) is 20.0. The first-order valence-electron chi connectivity index (χ1n) is 9.25. The van der Waals surface area contributed by atoms with Gasteiger partial charge in [-0.1, -0.05) is 19.9 Å². The van der Waals surface area contributed by atoms with Crippen molar-refractivity contribution in [2.24, 2.45) is 0 Å².